The van der Waals surface area contributed by atoms with Crippen LogP contribution >= 0.6 is 0 Å². The van der Waals surface area contributed by atoms with E-state index in [1.54, 1.807) is 0 Å². The summed E-state index contributed by atoms with van der Waals surface area (Å²) in [5.41, 5.74) is 0. The first-order valence-corrected chi connectivity index (χ1v) is 9.57. The molecular weight excluding hydrogens is 302 g/mol. The van der Waals surface area contributed by atoms with Crippen molar-refractivity contribution < 1.29 is 14.3 Å². The minimum Gasteiger partial charge on any atom is -0.348 e. The molecule has 140 valence electrons. The van der Waals surface area contributed by atoms with E-state index in [0.717, 1.165) is 18.8 Å². The van der Waals surface area contributed by atoms with Gasteiger partial charge in [-0.2, -0.15) is 0 Å². The molecule has 1 saturated heterocycles. The van der Waals surface area contributed by atoms with Crippen LogP contribution in [-0.4, -0.2) is 30.4 Å². The molecule has 0 aromatic rings. The Morgan fingerprint density at radius 2 is 2.00 bits per heavy atom. The molecule has 1 amide bonds. The first kappa shape index (κ1) is 21.2. The molecule has 0 aliphatic carbocycles. The Balaban J connectivity index is 2.57. The quantitative estimate of drug-likeness (QED) is 0.499. The van der Waals surface area contributed by atoms with Crippen LogP contribution in [-0.2, 0) is 14.3 Å². The van der Waals surface area contributed by atoms with Gasteiger partial charge in [0.25, 0.3) is 0 Å². The van der Waals surface area contributed by atoms with Crippen molar-refractivity contribution in [2.75, 3.05) is 6.61 Å². The third-order valence-electron chi connectivity index (χ3n) is 4.90. The van der Waals surface area contributed by atoms with Crippen molar-refractivity contribution in [1.82, 2.24) is 5.32 Å². The summed E-state index contributed by atoms with van der Waals surface area (Å²) in [6, 6.07) is -0.120. The van der Waals surface area contributed by atoms with Crippen LogP contribution in [0.15, 0.2) is 12.2 Å². The lowest BCUT2D eigenvalue weighted by molar-refractivity contribution is -0.271. The molecule has 4 heteroatoms. The molecular formula is C20H37NO3. The Bertz CT molecular complexity index is 406. The summed E-state index contributed by atoms with van der Waals surface area (Å²) in [7, 11) is 0. The summed E-state index contributed by atoms with van der Waals surface area (Å²) < 4.78 is 11.8. The maximum atomic E-state index is 12.2. The smallest absolute Gasteiger partial charge is 0.223 e. The van der Waals surface area contributed by atoms with Crippen molar-refractivity contribution in [3.8, 4) is 0 Å². The summed E-state index contributed by atoms with van der Waals surface area (Å²) in [5.74, 6) is 0.271. The van der Waals surface area contributed by atoms with Gasteiger partial charge < -0.3 is 14.8 Å². The maximum absolute atomic E-state index is 12.2. The lowest BCUT2D eigenvalue weighted by Crippen LogP contribution is -2.56. The van der Waals surface area contributed by atoms with Crippen LogP contribution in [0.3, 0.4) is 0 Å². The van der Waals surface area contributed by atoms with Crippen molar-refractivity contribution >= 4 is 5.91 Å². The zero-order valence-corrected chi connectivity index (χ0v) is 16.4. The van der Waals surface area contributed by atoms with Gasteiger partial charge in [-0.25, -0.2) is 0 Å². The van der Waals surface area contributed by atoms with E-state index < -0.39 is 5.79 Å². The number of hydrogen-bond donors (Lipinski definition) is 1. The highest BCUT2D eigenvalue weighted by atomic mass is 16.7. The molecule has 2 unspecified atom stereocenters. The molecule has 0 radical (unpaired) electrons. The van der Waals surface area contributed by atoms with Gasteiger partial charge in [0.05, 0.1) is 12.6 Å². The maximum Gasteiger partial charge on any atom is 0.223 e. The molecule has 1 aliphatic heterocycles. The number of hydrogen-bond acceptors (Lipinski definition) is 3. The van der Waals surface area contributed by atoms with Gasteiger partial charge >= 0.3 is 0 Å². The van der Waals surface area contributed by atoms with Crippen LogP contribution in [0.5, 0.6) is 0 Å². The predicted molar refractivity (Wildman–Crippen MR) is 98.7 cm³/mol. The van der Waals surface area contributed by atoms with Gasteiger partial charge in [-0.15, -0.1) is 0 Å². The van der Waals surface area contributed by atoms with E-state index in [1.807, 2.05) is 27.7 Å². The molecule has 1 aliphatic rings. The molecule has 4 atom stereocenters. The highest BCUT2D eigenvalue weighted by Crippen LogP contribution is 2.24. The molecule has 4 nitrogen and oxygen atoms in total. The Hall–Kier alpha value is -0.870. The first-order chi connectivity index (χ1) is 11.3. The number of allylic oxidation sites excluding steroid dienone is 1. The molecule has 0 aromatic heterocycles. The lowest BCUT2D eigenvalue weighted by Gasteiger charge is -2.40. The van der Waals surface area contributed by atoms with Crippen LogP contribution < -0.4 is 5.32 Å². The number of amides is 1. The minimum atomic E-state index is -0.608. The van der Waals surface area contributed by atoms with Crippen LogP contribution in [0.4, 0.5) is 0 Å². The Morgan fingerprint density at radius 1 is 1.29 bits per heavy atom. The van der Waals surface area contributed by atoms with Crippen LogP contribution in [0, 0.1) is 11.8 Å². The van der Waals surface area contributed by atoms with Crippen LogP contribution in [0.25, 0.3) is 0 Å². The third-order valence-corrected chi connectivity index (χ3v) is 4.90. The molecule has 1 fully saturated rings. The fourth-order valence-electron chi connectivity index (χ4n) is 2.66. The fourth-order valence-corrected chi connectivity index (χ4v) is 2.66. The van der Waals surface area contributed by atoms with Crippen molar-refractivity contribution in [2.24, 2.45) is 11.8 Å². The lowest BCUT2D eigenvalue weighted by atomic mass is 10.0. The van der Waals surface area contributed by atoms with E-state index in [2.05, 4.69) is 31.3 Å². The van der Waals surface area contributed by atoms with Gasteiger partial charge in [0.15, 0.2) is 5.79 Å². The van der Waals surface area contributed by atoms with Crippen LogP contribution in [0.1, 0.15) is 73.6 Å². The molecule has 0 spiro atoms. The molecule has 24 heavy (non-hydrogen) atoms. The van der Waals surface area contributed by atoms with Gasteiger partial charge in [-0.3, -0.25) is 4.79 Å². The van der Waals surface area contributed by atoms with E-state index in [-0.39, 0.29) is 24.0 Å². The van der Waals surface area contributed by atoms with Crippen molar-refractivity contribution in [3.63, 3.8) is 0 Å². The first-order valence-electron chi connectivity index (χ1n) is 9.57. The highest BCUT2D eigenvalue weighted by Gasteiger charge is 2.36. The SMILES string of the molecule is CCC(C)CCC/C=C/[C@H]1OC(C)(C)OC[C@@H]1NC(=O)C(C)CC. The normalized spacial score (nSPS) is 26.2. The monoisotopic (exact) mass is 339 g/mol. The second-order valence-corrected chi connectivity index (χ2v) is 7.59. The van der Waals surface area contributed by atoms with Crippen molar-refractivity contribution in [3.05, 3.63) is 12.2 Å². The van der Waals surface area contributed by atoms with Crippen LogP contribution in [0.2, 0.25) is 0 Å². The number of carbonyl (C=O) groups is 1. The number of rotatable bonds is 9. The average molecular weight is 340 g/mol. The number of carbonyl (C=O) groups excluding carboxylic acids is 1. The second-order valence-electron chi connectivity index (χ2n) is 7.59. The summed E-state index contributed by atoms with van der Waals surface area (Å²) in [5, 5.41) is 3.09. The highest BCUT2D eigenvalue weighted by molar-refractivity contribution is 5.78. The Kier molecular flexibility index (Phi) is 8.99. The largest absolute Gasteiger partial charge is 0.348 e. The zero-order chi connectivity index (χ0) is 18.2. The average Bonchev–Trinajstić information content (AvgIpc) is 2.55. The van der Waals surface area contributed by atoms with Gasteiger partial charge in [0.2, 0.25) is 5.91 Å². The Labute approximate surface area is 148 Å². The molecule has 1 rings (SSSR count). The summed E-state index contributed by atoms with van der Waals surface area (Å²) in [6.07, 6.45) is 9.74. The third kappa shape index (κ3) is 7.35. The molecule has 0 saturated carbocycles. The number of unbranched alkanes of at least 4 members (excludes halogenated alkanes) is 1. The standard InChI is InChI=1S/C20H37NO3/c1-7-15(3)12-10-9-11-13-18-17(14-23-20(5,6)24-18)21-19(22)16(4)8-2/h11,13,15-18H,7-10,12,14H2,1-6H3,(H,21,22)/b13-11+/t15?,16?,17-,18+/m0/s1. The summed E-state index contributed by atoms with van der Waals surface area (Å²) >= 11 is 0. The Morgan fingerprint density at radius 3 is 2.62 bits per heavy atom. The van der Waals surface area contributed by atoms with Gasteiger partial charge in [0, 0.05) is 5.92 Å². The van der Waals surface area contributed by atoms with E-state index >= 15 is 0 Å². The number of nitrogens with one attached hydrogen (secondary N) is 1. The summed E-state index contributed by atoms with van der Waals surface area (Å²) in [6.45, 7) is 12.8. The van der Waals surface area contributed by atoms with Gasteiger partial charge in [-0.05, 0) is 39.0 Å². The molecule has 0 bridgehead atoms. The summed E-state index contributed by atoms with van der Waals surface area (Å²) in [4.78, 5) is 12.2. The van der Waals surface area contributed by atoms with Gasteiger partial charge in [0.1, 0.15) is 6.10 Å². The topological polar surface area (TPSA) is 47.6 Å². The van der Waals surface area contributed by atoms with E-state index in [9.17, 15) is 4.79 Å². The fraction of sp³-hybridized carbons (Fsp3) is 0.850. The second kappa shape index (κ2) is 10.2. The van der Waals surface area contributed by atoms with E-state index in [0.29, 0.717) is 6.61 Å². The van der Waals surface area contributed by atoms with E-state index in [1.165, 1.54) is 19.3 Å². The number of ether oxygens (including phenoxy) is 2. The molecule has 1 heterocycles. The minimum absolute atomic E-state index is 0.0140. The zero-order valence-electron chi connectivity index (χ0n) is 16.4. The molecule has 0 aromatic carbocycles. The van der Waals surface area contributed by atoms with Crippen molar-refractivity contribution in [2.45, 2.75) is 91.6 Å². The van der Waals surface area contributed by atoms with E-state index in [4.69, 9.17) is 9.47 Å². The van der Waals surface area contributed by atoms with Crippen molar-refractivity contribution in [1.29, 1.82) is 0 Å². The molecule has 1 N–H and O–H groups in total. The van der Waals surface area contributed by atoms with Gasteiger partial charge in [-0.1, -0.05) is 52.7 Å². The predicted octanol–water partition coefficient (Wildman–Crippen LogP) is 4.44.